The number of amides is 2. The maximum Gasteiger partial charge on any atom is 0.243 e. The van der Waals surface area contributed by atoms with Crippen LogP contribution in [0.2, 0.25) is 0 Å². The second-order valence-electron chi connectivity index (χ2n) is 9.55. The first-order valence-corrected chi connectivity index (χ1v) is 11.1. The fourth-order valence-electron chi connectivity index (χ4n) is 6.59. The SMILES string of the molecule is O=C(CNC(=O)C12CC3CC(CC(C3)C1)C2)Nc1ccccc1N1CCOCC1. The lowest BCUT2D eigenvalue weighted by Gasteiger charge is -2.55. The Labute approximate surface area is 172 Å². The largest absolute Gasteiger partial charge is 0.378 e. The first kappa shape index (κ1) is 18.9. The molecule has 6 rings (SSSR count). The van der Waals surface area contributed by atoms with Crippen LogP contribution in [-0.4, -0.2) is 44.7 Å². The van der Waals surface area contributed by atoms with Crippen LogP contribution in [0, 0.1) is 23.2 Å². The van der Waals surface area contributed by atoms with Crippen molar-refractivity contribution in [1.82, 2.24) is 5.32 Å². The number of morpholine rings is 1. The van der Waals surface area contributed by atoms with Crippen molar-refractivity contribution in [2.45, 2.75) is 38.5 Å². The third kappa shape index (κ3) is 3.75. The van der Waals surface area contributed by atoms with Crippen LogP contribution in [0.5, 0.6) is 0 Å². The van der Waals surface area contributed by atoms with E-state index in [0.29, 0.717) is 13.2 Å². The second kappa shape index (κ2) is 7.63. The predicted molar refractivity (Wildman–Crippen MR) is 112 cm³/mol. The average molecular weight is 398 g/mol. The van der Waals surface area contributed by atoms with E-state index in [1.54, 1.807) is 0 Å². The average Bonchev–Trinajstić information content (AvgIpc) is 2.72. The van der Waals surface area contributed by atoms with Gasteiger partial charge in [0.25, 0.3) is 0 Å². The summed E-state index contributed by atoms with van der Waals surface area (Å²) in [5.74, 6) is 2.11. The van der Waals surface area contributed by atoms with Crippen LogP contribution < -0.4 is 15.5 Å². The van der Waals surface area contributed by atoms with Crippen molar-refractivity contribution in [2.24, 2.45) is 23.2 Å². The number of hydrogen-bond acceptors (Lipinski definition) is 4. The first-order valence-electron chi connectivity index (χ1n) is 11.1. The van der Waals surface area contributed by atoms with Crippen molar-refractivity contribution < 1.29 is 14.3 Å². The molecule has 156 valence electrons. The van der Waals surface area contributed by atoms with Crippen LogP contribution in [0.4, 0.5) is 11.4 Å². The summed E-state index contributed by atoms with van der Waals surface area (Å²) in [5, 5.41) is 5.97. The van der Waals surface area contributed by atoms with Gasteiger partial charge in [0, 0.05) is 18.5 Å². The summed E-state index contributed by atoms with van der Waals surface area (Å²) in [4.78, 5) is 27.9. The molecule has 4 aliphatic carbocycles. The van der Waals surface area contributed by atoms with E-state index in [1.807, 2.05) is 24.3 Å². The van der Waals surface area contributed by atoms with Crippen molar-refractivity contribution in [1.29, 1.82) is 0 Å². The van der Waals surface area contributed by atoms with Crippen LogP contribution in [0.25, 0.3) is 0 Å². The lowest BCUT2D eigenvalue weighted by atomic mass is 9.49. The third-order valence-corrected chi connectivity index (χ3v) is 7.46. The number of rotatable bonds is 5. The summed E-state index contributed by atoms with van der Waals surface area (Å²) < 4.78 is 5.43. The highest BCUT2D eigenvalue weighted by atomic mass is 16.5. The highest BCUT2D eigenvalue weighted by Gasteiger charge is 2.54. The van der Waals surface area contributed by atoms with E-state index in [9.17, 15) is 9.59 Å². The molecule has 6 heteroatoms. The molecule has 0 unspecified atom stereocenters. The Balaban J connectivity index is 1.19. The first-order chi connectivity index (χ1) is 14.1. The zero-order valence-corrected chi connectivity index (χ0v) is 17.0. The quantitative estimate of drug-likeness (QED) is 0.802. The van der Waals surface area contributed by atoms with E-state index in [-0.39, 0.29) is 23.8 Å². The summed E-state index contributed by atoms with van der Waals surface area (Å²) in [5.41, 5.74) is 1.60. The summed E-state index contributed by atoms with van der Waals surface area (Å²) in [6.07, 6.45) is 6.99. The number of anilines is 2. The van der Waals surface area contributed by atoms with Crippen LogP contribution in [0.3, 0.4) is 0 Å². The van der Waals surface area contributed by atoms with Crippen molar-refractivity contribution in [3.05, 3.63) is 24.3 Å². The van der Waals surface area contributed by atoms with Gasteiger partial charge in [-0.15, -0.1) is 0 Å². The number of carbonyl (C=O) groups excluding carboxylic acids is 2. The van der Waals surface area contributed by atoms with E-state index >= 15 is 0 Å². The van der Waals surface area contributed by atoms with Gasteiger partial charge in [0.15, 0.2) is 0 Å². The molecule has 1 aromatic carbocycles. The normalized spacial score (nSPS) is 32.8. The number of hydrogen-bond donors (Lipinski definition) is 2. The Kier molecular flexibility index (Phi) is 4.98. The topological polar surface area (TPSA) is 70.7 Å². The monoisotopic (exact) mass is 397 g/mol. The molecule has 4 bridgehead atoms. The van der Waals surface area contributed by atoms with Gasteiger partial charge in [-0.25, -0.2) is 0 Å². The molecule has 0 spiro atoms. The molecule has 4 saturated carbocycles. The maximum atomic E-state index is 13.1. The fourth-order valence-corrected chi connectivity index (χ4v) is 6.59. The second-order valence-corrected chi connectivity index (χ2v) is 9.55. The number of nitrogens with zero attached hydrogens (tertiary/aromatic N) is 1. The Morgan fingerprint density at radius 2 is 1.62 bits per heavy atom. The summed E-state index contributed by atoms with van der Waals surface area (Å²) in [6.45, 7) is 3.07. The van der Waals surface area contributed by atoms with Gasteiger partial charge in [0.2, 0.25) is 11.8 Å². The van der Waals surface area contributed by atoms with Crippen molar-refractivity contribution >= 4 is 23.2 Å². The molecule has 1 heterocycles. The molecule has 0 aromatic heterocycles. The number of para-hydroxylation sites is 2. The zero-order chi connectivity index (χ0) is 19.8. The van der Waals surface area contributed by atoms with Gasteiger partial charge in [0.05, 0.1) is 31.1 Å². The van der Waals surface area contributed by atoms with Crippen LogP contribution >= 0.6 is 0 Å². The van der Waals surface area contributed by atoms with Crippen LogP contribution in [0.1, 0.15) is 38.5 Å². The zero-order valence-electron chi connectivity index (χ0n) is 17.0. The number of nitrogens with one attached hydrogen (secondary N) is 2. The van der Waals surface area contributed by atoms with Crippen LogP contribution in [-0.2, 0) is 14.3 Å². The molecule has 1 saturated heterocycles. The third-order valence-electron chi connectivity index (χ3n) is 7.46. The standard InChI is InChI=1S/C23H31N3O3/c27-21(25-19-3-1-2-4-20(19)26-5-7-29-8-6-26)15-24-22(28)23-12-16-9-17(13-23)11-18(10-16)14-23/h1-4,16-18H,5-15H2,(H,24,28)(H,25,27). The Morgan fingerprint density at radius 1 is 1.00 bits per heavy atom. The van der Waals surface area contributed by atoms with E-state index < -0.39 is 0 Å². The number of carbonyl (C=O) groups is 2. The van der Waals surface area contributed by atoms with E-state index in [4.69, 9.17) is 4.74 Å². The van der Waals surface area contributed by atoms with Crippen LogP contribution in [0.15, 0.2) is 24.3 Å². The minimum absolute atomic E-state index is 0.0397. The van der Waals surface area contributed by atoms with Crippen molar-refractivity contribution in [3.63, 3.8) is 0 Å². The lowest BCUT2D eigenvalue weighted by molar-refractivity contribution is -0.146. The van der Waals surface area contributed by atoms with Gasteiger partial charge in [-0.1, -0.05) is 12.1 Å². The molecule has 6 nitrogen and oxygen atoms in total. The van der Waals surface area contributed by atoms with Crippen molar-refractivity contribution in [2.75, 3.05) is 43.1 Å². The molecular formula is C23H31N3O3. The van der Waals surface area contributed by atoms with Gasteiger partial charge >= 0.3 is 0 Å². The van der Waals surface area contributed by atoms with Gasteiger partial charge in [-0.05, 0) is 68.4 Å². The smallest absolute Gasteiger partial charge is 0.243 e. The molecule has 2 N–H and O–H groups in total. The molecule has 0 atom stereocenters. The number of benzene rings is 1. The molecular weight excluding hydrogens is 366 g/mol. The molecule has 5 fully saturated rings. The molecule has 2 amide bonds. The Morgan fingerprint density at radius 3 is 2.28 bits per heavy atom. The maximum absolute atomic E-state index is 13.1. The van der Waals surface area contributed by atoms with Gasteiger partial charge < -0.3 is 20.3 Å². The molecule has 0 radical (unpaired) electrons. The highest BCUT2D eigenvalue weighted by Crippen LogP contribution is 2.60. The Hall–Kier alpha value is -2.08. The van der Waals surface area contributed by atoms with Gasteiger partial charge in [-0.3, -0.25) is 9.59 Å². The summed E-state index contributed by atoms with van der Waals surface area (Å²) in [6, 6.07) is 7.85. The summed E-state index contributed by atoms with van der Waals surface area (Å²) in [7, 11) is 0. The highest BCUT2D eigenvalue weighted by molar-refractivity contribution is 5.98. The minimum Gasteiger partial charge on any atom is -0.378 e. The molecule has 1 aliphatic heterocycles. The van der Waals surface area contributed by atoms with E-state index in [0.717, 1.165) is 61.5 Å². The lowest BCUT2D eigenvalue weighted by Crippen LogP contribution is -2.54. The minimum atomic E-state index is -0.208. The summed E-state index contributed by atoms with van der Waals surface area (Å²) >= 11 is 0. The van der Waals surface area contributed by atoms with E-state index in [2.05, 4.69) is 15.5 Å². The van der Waals surface area contributed by atoms with Crippen molar-refractivity contribution in [3.8, 4) is 0 Å². The van der Waals surface area contributed by atoms with Gasteiger partial charge in [0.1, 0.15) is 0 Å². The van der Waals surface area contributed by atoms with Gasteiger partial charge in [-0.2, -0.15) is 0 Å². The fraction of sp³-hybridized carbons (Fsp3) is 0.652. The molecule has 5 aliphatic rings. The Bertz CT molecular complexity index is 752. The molecule has 29 heavy (non-hydrogen) atoms. The molecule has 1 aromatic rings. The number of ether oxygens (including phenoxy) is 1. The van der Waals surface area contributed by atoms with E-state index in [1.165, 1.54) is 19.3 Å². The predicted octanol–water partition coefficient (Wildman–Crippen LogP) is 2.79.